The predicted octanol–water partition coefficient (Wildman–Crippen LogP) is 4.15. The van der Waals surface area contributed by atoms with Gasteiger partial charge < -0.3 is 5.11 Å². The molecule has 118 valence electrons. The molecule has 1 aliphatic rings. The first-order valence-corrected chi connectivity index (χ1v) is 9.40. The Labute approximate surface area is 130 Å². The first kappa shape index (κ1) is 18.1. The van der Waals surface area contributed by atoms with Crippen molar-refractivity contribution in [3.8, 4) is 0 Å². The maximum Gasteiger partial charge on any atom is 0.0958 e. The van der Waals surface area contributed by atoms with Gasteiger partial charge in [-0.05, 0) is 57.1 Å². The van der Waals surface area contributed by atoms with Crippen LogP contribution in [0.1, 0.15) is 52.9 Å². The van der Waals surface area contributed by atoms with Gasteiger partial charge >= 0.3 is 0 Å². The molecule has 2 unspecified atom stereocenters. The first-order valence-electron chi connectivity index (χ1n) is 8.11. The summed E-state index contributed by atoms with van der Waals surface area (Å²) in [5.74, 6) is 1.50. The van der Waals surface area contributed by atoms with Crippen molar-refractivity contribution >= 4 is 11.8 Å². The van der Waals surface area contributed by atoms with Crippen molar-refractivity contribution in [3.63, 3.8) is 0 Å². The highest BCUT2D eigenvalue weighted by Gasteiger charge is 2.21. The van der Waals surface area contributed by atoms with Crippen LogP contribution in [-0.4, -0.2) is 40.8 Å². The number of aliphatic hydroxyl groups is 1. The van der Waals surface area contributed by atoms with Gasteiger partial charge in [0, 0.05) is 17.8 Å². The Morgan fingerprint density at radius 1 is 1.20 bits per heavy atom. The fourth-order valence-corrected chi connectivity index (χ4v) is 4.13. The summed E-state index contributed by atoms with van der Waals surface area (Å²) in [7, 11) is 0. The van der Waals surface area contributed by atoms with E-state index in [9.17, 15) is 5.11 Å². The monoisotopic (exact) mass is 299 g/mol. The summed E-state index contributed by atoms with van der Waals surface area (Å²) in [5, 5.41) is 10.3. The molecule has 1 rings (SSSR count). The zero-order chi connectivity index (χ0) is 15.0. The SMILES string of the molecule is CSC1C[C@H](C)C/C=C\CCC(C)N(CO)CC[C@H]1C. The molecule has 0 aromatic carbocycles. The second-order valence-electron chi connectivity index (χ2n) is 6.47. The van der Waals surface area contributed by atoms with E-state index in [1.165, 1.54) is 19.3 Å². The molecule has 0 aromatic heterocycles. The lowest BCUT2D eigenvalue weighted by Gasteiger charge is -2.30. The van der Waals surface area contributed by atoms with Crippen molar-refractivity contribution in [2.45, 2.75) is 64.2 Å². The Morgan fingerprint density at radius 2 is 1.95 bits per heavy atom. The van der Waals surface area contributed by atoms with Crippen LogP contribution in [-0.2, 0) is 0 Å². The van der Waals surface area contributed by atoms with Crippen LogP contribution in [0, 0.1) is 11.8 Å². The molecule has 0 radical (unpaired) electrons. The van der Waals surface area contributed by atoms with Crippen LogP contribution in [0.5, 0.6) is 0 Å². The van der Waals surface area contributed by atoms with Crippen LogP contribution in [0.4, 0.5) is 0 Å². The van der Waals surface area contributed by atoms with Gasteiger partial charge in [0.05, 0.1) is 6.73 Å². The van der Waals surface area contributed by atoms with Crippen molar-refractivity contribution in [1.29, 1.82) is 0 Å². The molecule has 0 bridgehead atoms. The molecule has 0 amide bonds. The van der Waals surface area contributed by atoms with E-state index in [0.717, 1.165) is 36.5 Å². The fraction of sp³-hybridized carbons (Fsp3) is 0.882. The third-order valence-corrected chi connectivity index (χ3v) is 5.97. The molecule has 3 heteroatoms. The molecule has 0 saturated carbocycles. The van der Waals surface area contributed by atoms with Crippen LogP contribution >= 0.6 is 11.8 Å². The molecule has 1 heterocycles. The maximum absolute atomic E-state index is 9.58. The molecule has 2 nitrogen and oxygen atoms in total. The Balaban J connectivity index is 2.70. The van der Waals surface area contributed by atoms with Gasteiger partial charge in [0.2, 0.25) is 0 Å². The summed E-state index contributed by atoms with van der Waals surface area (Å²) < 4.78 is 0. The standard InChI is InChI=1S/C17H33NOS/c1-14-8-6-5-7-9-16(3)18(13-19)11-10-15(2)17(12-14)20-4/h5-6,14-17,19H,7-13H2,1-4H3/b6-5-/t14-,15-,16?,17?/m1/s1. The van der Waals surface area contributed by atoms with Gasteiger partial charge in [0.1, 0.15) is 0 Å². The second kappa shape index (κ2) is 9.86. The summed E-state index contributed by atoms with van der Waals surface area (Å²) in [6.45, 7) is 8.21. The third-order valence-electron chi connectivity index (χ3n) is 4.70. The van der Waals surface area contributed by atoms with Gasteiger partial charge in [-0.3, -0.25) is 4.90 Å². The van der Waals surface area contributed by atoms with Gasteiger partial charge in [-0.25, -0.2) is 0 Å². The minimum Gasteiger partial charge on any atom is -0.381 e. The first-order chi connectivity index (χ1) is 9.58. The Morgan fingerprint density at radius 3 is 2.60 bits per heavy atom. The summed E-state index contributed by atoms with van der Waals surface area (Å²) in [6.07, 6.45) is 12.9. The van der Waals surface area contributed by atoms with Crippen LogP contribution < -0.4 is 0 Å². The average molecular weight is 300 g/mol. The van der Waals surface area contributed by atoms with Crippen molar-refractivity contribution < 1.29 is 5.11 Å². The highest BCUT2D eigenvalue weighted by Crippen LogP contribution is 2.28. The lowest BCUT2D eigenvalue weighted by atomic mass is 9.93. The lowest BCUT2D eigenvalue weighted by molar-refractivity contribution is 0.0659. The van der Waals surface area contributed by atoms with Gasteiger partial charge in [-0.2, -0.15) is 11.8 Å². The van der Waals surface area contributed by atoms with Crippen molar-refractivity contribution in [1.82, 2.24) is 4.90 Å². The van der Waals surface area contributed by atoms with Gasteiger partial charge in [-0.15, -0.1) is 0 Å². The summed E-state index contributed by atoms with van der Waals surface area (Å²) in [5.41, 5.74) is 0. The zero-order valence-corrected chi connectivity index (χ0v) is 14.5. The topological polar surface area (TPSA) is 23.5 Å². The van der Waals surface area contributed by atoms with E-state index in [-0.39, 0.29) is 6.73 Å². The summed E-state index contributed by atoms with van der Waals surface area (Å²) in [4.78, 5) is 2.23. The Hall–Kier alpha value is 0.01000. The van der Waals surface area contributed by atoms with Gasteiger partial charge in [0.15, 0.2) is 0 Å². The molecule has 20 heavy (non-hydrogen) atoms. The minimum absolute atomic E-state index is 0.192. The van der Waals surface area contributed by atoms with Crippen LogP contribution in [0.25, 0.3) is 0 Å². The lowest BCUT2D eigenvalue weighted by Crippen LogP contribution is -2.36. The molecule has 0 saturated heterocycles. The van der Waals surface area contributed by atoms with Crippen LogP contribution in [0.15, 0.2) is 12.2 Å². The molecule has 0 spiro atoms. The van der Waals surface area contributed by atoms with Gasteiger partial charge in [-0.1, -0.05) is 26.0 Å². The van der Waals surface area contributed by atoms with E-state index in [2.05, 4.69) is 44.1 Å². The number of rotatable bonds is 2. The number of aliphatic hydroxyl groups excluding tert-OH is 1. The normalized spacial score (nSPS) is 36.6. The Bertz CT molecular complexity index is 282. The van der Waals surface area contributed by atoms with E-state index >= 15 is 0 Å². The largest absolute Gasteiger partial charge is 0.381 e. The van der Waals surface area contributed by atoms with Crippen LogP contribution in [0.3, 0.4) is 0 Å². The zero-order valence-electron chi connectivity index (χ0n) is 13.7. The molecule has 0 aromatic rings. The molecule has 1 aliphatic heterocycles. The summed E-state index contributed by atoms with van der Waals surface area (Å²) >= 11 is 2.02. The maximum atomic E-state index is 9.58. The van der Waals surface area contributed by atoms with E-state index in [0.29, 0.717) is 6.04 Å². The van der Waals surface area contributed by atoms with Gasteiger partial charge in [0.25, 0.3) is 0 Å². The van der Waals surface area contributed by atoms with Crippen molar-refractivity contribution in [3.05, 3.63) is 12.2 Å². The van der Waals surface area contributed by atoms with E-state index in [1.54, 1.807) is 0 Å². The van der Waals surface area contributed by atoms with Crippen LogP contribution in [0.2, 0.25) is 0 Å². The molecular formula is C17H33NOS. The quantitative estimate of drug-likeness (QED) is 0.775. The second-order valence-corrected chi connectivity index (χ2v) is 7.55. The van der Waals surface area contributed by atoms with E-state index in [4.69, 9.17) is 0 Å². The highest BCUT2D eigenvalue weighted by molar-refractivity contribution is 7.99. The molecule has 0 aliphatic carbocycles. The number of allylic oxidation sites excluding steroid dienone is 2. The van der Waals surface area contributed by atoms with Crippen molar-refractivity contribution in [2.24, 2.45) is 11.8 Å². The molecular weight excluding hydrogens is 266 g/mol. The number of thioether (sulfide) groups is 1. The fourth-order valence-electron chi connectivity index (χ4n) is 3.01. The summed E-state index contributed by atoms with van der Waals surface area (Å²) in [6, 6.07) is 0.475. The molecule has 1 N–H and O–H groups in total. The predicted molar refractivity (Wildman–Crippen MR) is 91.1 cm³/mol. The number of hydrogen-bond acceptors (Lipinski definition) is 3. The smallest absolute Gasteiger partial charge is 0.0958 e. The third kappa shape index (κ3) is 6.19. The number of nitrogens with zero attached hydrogens (tertiary/aromatic N) is 1. The van der Waals surface area contributed by atoms with E-state index in [1.807, 2.05) is 11.8 Å². The minimum atomic E-state index is 0.192. The molecule has 4 atom stereocenters. The number of hydrogen-bond donors (Lipinski definition) is 1. The highest BCUT2D eigenvalue weighted by atomic mass is 32.2. The van der Waals surface area contributed by atoms with Crippen molar-refractivity contribution in [2.75, 3.05) is 19.5 Å². The molecule has 0 fully saturated rings. The van der Waals surface area contributed by atoms with E-state index < -0.39 is 0 Å². The Kier molecular flexibility index (Phi) is 8.90. The average Bonchev–Trinajstić information content (AvgIpc) is 2.44.